The number of hydrogen-bond donors (Lipinski definition) is 1. The minimum Gasteiger partial charge on any atom is -0.496 e. The molecule has 180 valence electrons. The number of sulfonamides is 1. The fourth-order valence-corrected chi connectivity index (χ4v) is 5.42. The molecular formula is C26H30N2O5S. The van der Waals surface area contributed by atoms with Crippen LogP contribution in [0.15, 0.2) is 65.6 Å². The fourth-order valence-electron chi connectivity index (χ4n) is 4.30. The first kappa shape index (κ1) is 23.9. The van der Waals surface area contributed by atoms with E-state index in [1.54, 1.807) is 50.6 Å². The smallest absolute Gasteiger partial charge is 0.262 e. The number of methoxy groups -OCH3 is 2. The number of para-hydroxylation sites is 2. The second kappa shape index (κ2) is 9.95. The SMILES string of the molecule is COc1ccccc1Oc1cccc(S(=O)(=O)Nc2ccc(OC)c3c2CCC(N(C)C)C3)c1. The van der Waals surface area contributed by atoms with Gasteiger partial charge >= 0.3 is 0 Å². The lowest BCUT2D eigenvalue weighted by Crippen LogP contribution is -2.34. The molecule has 0 aliphatic heterocycles. The number of nitrogens with one attached hydrogen (secondary N) is 1. The molecule has 1 aliphatic rings. The Morgan fingerprint density at radius 1 is 0.882 bits per heavy atom. The van der Waals surface area contributed by atoms with Crippen LogP contribution in [0.5, 0.6) is 23.0 Å². The Hall–Kier alpha value is -3.23. The van der Waals surface area contributed by atoms with Gasteiger partial charge in [0.15, 0.2) is 11.5 Å². The lowest BCUT2D eigenvalue weighted by atomic mass is 9.86. The Kier molecular flexibility index (Phi) is 7.00. The monoisotopic (exact) mass is 482 g/mol. The average molecular weight is 483 g/mol. The van der Waals surface area contributed by atoms with Crippen LogP contribution in [0.2, 0.25) is 0 Å². The molecule has 0 fully saturated rings. The standard InChI is InChI=1S/C26H30N2O5S/c1-28(2)18-12-13-21-22(16-18)24(31-3)15-14-23(21)27-34(29,30)20-9-7-8-19(17-20)33-26-11-6-5-10-25(26)32-4/h5-11,14-15,17-18,27H,12-13,16H2,1-4H3. The van der Waals surface area contributed by atoms with E-state index in [4.69, 9.17) is 14.2 Å². The summed E-state index contributed by atoms with van der Waals surface area (Å²) in [5.74, 6) is 2.26. The van der Waals surface area contributed by atoms with Gasteiger partial charge in [0.25, 0.3) is 10.0 Å². The van der Waals surface area contributed by atoms with Crippen molar-refractivity contribution in [2.24, 2.45) is 0 Å². The summed E-state index contributed by atoms with van der Waals surface area (Å²) in [6.07, 6.45) is 2.53. The van der Waals surface area contributed by atoms with Crippen molar-refractivity contribution >= 4 is 15.7 Å². The highest BCUT2D eigenvalue weighted by molar-refractivity contribution is 7.92. The van der Waals surface area contributed by atoms with Crippen LogP contribution in [0.25, 0.3) is 0 Å². The van der Waals surface area contributed by atoms with Gasteiger partial charge in [-0.3, -0.25) is 4.72 Å². The highest BCUT2D eigenvalue weighted by Crippen LogP contribution is 2.37. The molecule has 0 saturated carbocycles. The molecule has 8 heteroatoms. The number of fused-ring (bicyclic) bond motifs is 1. The molecule has 34 heavy (non-hydrogen) atoms. The number of likely N-dealkylation sites (N-methyl/N-ethyl adjacent to an activating group) is 1. The highest BCUT2D eigenvalue weighted by Gasteiger charge is 2.27. The molecule has 0 bridgehead atoms. The third-order valence-electron chi connectivity index (χ3n) is 6.16. The summed E-state index contributed by atoms with van der Waals surface area (Å²) in [6.45, 7) is 0. The van der Waals surface area contributed by atoms with Crippen molar-refractivity contribution in [1.82, 2.24) is 4.90 Å². The number of anilines is 1. The number of benzene rings is 3. The molecule has 1 aliphatic carbocycles. The summed E-state index contributed by atoms with van der Waals surface area (Å²) in [5, 5.41) is 0. The zero-order valence-corrected chi connectivity index (χ0v) is 20.7. The van der Waals surface area contributed by atoms with Crippen LogP contribution in [-0.4, -0.2) is 47.7 Å². The fraction of sp³-hybridized carbons (Fsp3) is 0.308. The second-order valence-electron chi connectivity index (χ2n) is 8.47. The van der Waals surface area contributed by atoms with Crippen LogP contribution < -0.4 is 18.9 Å². The van der Waals surface area contributed by atoms with Gasteiger partial charge in [-0.2, -0.15) is 0 Å². The number of hydrogen-bond acceptors (Lipinski definition) is 6. The van der Waals surface area contributed by atoms with Gasteiger partial charge in [0.2, 0.25) is 0 Å². The molecule has 0 spiro atoms. The first-order valence-electron chi connectivity index (χ1n) is 11.1. The Balaban J connectivity index is 1.62. The van der Waals surface area contributed by atoms with Gasteiger partial charge < -0.3 is 19.1 Å². The molecule has 0 saturated heterocycles. The quantitative estimate of drug-likeness (QED) is 0.501. The minimum atomic E-state index is -3.84. The van der Waals surface area contributed by atoms with E-state index in [-0.39, 0.29) is 4.90 Å². The summed E-state index contributed by atoms with van der Waals surface area (Å²) in [6, 6.07) is 17.6. The van der Waals surface area contributed by atoms with Gasteiger partial charge in [0.1, 0.15) is 11.5 Å². The summed E-state index contributed by atoms with van der Waals surface area (Å²) in [5.41, 5.74) is 2.63. The van der Waals surface area contributed by atoms with Crippen LogP contribution in [0.1, 0.15) is 17.5 Å². The Labute approximate surface area is 201 Å². The summed E-state index contributed by atoms with van der Waals surface area (Å²) >= 11 is 0. The molecule has 1 unspecified atom stereocenters. The number of ether oxygens (including phenoxy) is 3. The van der Waals surface area contributed by atoms with E-state index in [0.29, 0.717) is 29.0 Å². The molecule has 1 atom stereocenters. The van der Waals surface area contributed by atoms with Gasteiger partial charge in [-0.05, 0) is 75.3 Å². The lowest BCUT2D eigenvalue weighted by molar-refractivity contribution is 0.265. The Morgan fingerprint density at radius 2 is 1.62 bits per heavy atom. The predicted molar refractivity (Wildman–Crippen MR) is 133 cm³/mol. The third kappa shape index (κ3) is 4.98. The molecule has 0 heterocycles. The molecule has 3 aromatic carbocycles. The normalized spacial score (nSPS) is 15.5. The van der Waals surface area contributed by atoms with Gasteiger partial charge in [-0.15, -0.1) is 0 Å². The zero-order chi connectivity index (χ0) is 24.3. The van der Waals surface area contributed by atoms with E-state index < -0.39 is 10.0 Å². The summed E-state index contributed by atoms with van der Waals surface area (Å²) < 4.78 is 46.2. The minimum absolute atomic E-state index is 0.117. The zero-order valence-electron chi connectivity index (χ0n) is 19.9. The molecular weight excluding hydrogens is 452 g/mol. The van der Waals surface area contributed by atoms with Crippen molar-refractivity contribution in [2.75, 3.05) is 33.0 Å². The van der Waals surface area contributed by atoms with E-state index in [0.717, 1.165) is 36.1 Å². The van der Waals surface area contributed by atoms with Gasteiger partial charge in [-0.1, -0.05) is 18.2 Å². The van der Waals surface area contributed by atoms with Gasteiger partial charge in [-0.25, -0.2) is 8.42 Å². The maximum absolute atomic E-state index is 13.3. The van der Waals surface area contributed by atoms with E-state index in [1.807, 2.05) is 18.2 Å². The van der Waals surface area contributed by atoms with Crippen LogP contribution in [0.4, 0.5) is 5.69 Å². The largest absolute Gasteiger partial charge is 0.496 e. The van der Waals surface area contributed by atoms with Crippen molar-refractivity contribution in [3.63, 3.8) is 0 Å². The molecule has 0 radical (unpaired) electrons. The van der Waals surface area contributed by atoms with E-state index in [2.05, 4.69) is 23.7 Å². The van der Waals surface area contributed by atoms with E-state index in [9.17, 15) is 8.42 Å². The Bertz CT molecular complexity index is 1270. The first-order chi connectivity index (χ1) is 16.3. The second-order valence-corrected chi connectivity index (χ2v) is 10.1. The molecule has 0 aromatic heterocycles. The predicted octanol–water partition coefficient (Wildman–Crippen LogP) is 4.72. The van der Waals surface area contributed by atoms with Crippen LogP contribution in [0.3, 0.4) is 0 Å². The summed E-state index contributed by atoms with van der Waals surface area (Å²) in [4.78, 5) is 2.32. The van der Waals surface area contributed by atoms with Gasteiger partial charge in [0, 0.05) is 17.7 Å². The first-order valence-corrected chi connectivity index (χ1v) is 12.6. The Morgan fingerprint density at radius 3 is 2.32 bits per heavy atom. The van der Waals surface area contributed by atoms with Crippen LogP contribution in [0, 0.1) is 0 Å². The molecule has 3 aromatic rings. The van der Waals surface area contributed by atoms with Crippen molar-refractivity contribution in [2.45, 2.75) is 30.2 Å². The third-order valence-corrected chi connectivity index (χ3v) is 7.53. The van der Waals surface area contributed by atoms with Crippen molar-refractivity contribution in [3.8, 4) is 23.0 Å². The maximum atomic E-state index is 13.3. The van der Waals surface area contributed by atoms with Crippen LogP contribution in [-0.2, 0) is 22.9 Å². The lowest BCUT2D eigenvalue weighted by Gasteiger charge is -2.32. The average Bonchev–Trinajstić information content (AvgIpc) is 2.84. The molecule has 0 amide bonds. The van der Waals surface area contributed by atoms with Crippen molar-refractivity contribution in [3.05, 3.63) is 71.8 Å². The van der Waals surface area contributed by atoms with Crippen LogP contribution >= 0.6 is 0 Å². The van der Waals surface area contributed by atoms with E-state index in [1.165, 1.54) is 6.07 Å². The van der Waals surface area contributed by atoms with E-state index >= 15 is 0 Å². The maximum Gasteiger partial charge on any atom is 0.262 e. The molecule has 7 nitrogen and oxygen atoms in total. The topological polar surface area (TPSA) is 77.1 Å². The van der Waals surface area contributed by atoms with Crippen molar-refractivity contribution in [1.29, 1.82) is 0 Å². The molecule has 4 rings (SSSR count). The highest BCUT2D eigenvalue weighted by atomic mass is 32.2. The summed E-state index contributed by atoms with van der Waals surface area (Å²) in [7, 11) is 3.49. The van der Waals surface area contributed by atoms with Gasteiger partial charge in [0.05, 0.1) is 24.8 Å². The van der Waals surface area contributed by atoms with Crippen molar-refractivity contribution < 1.29 is 22.6 Å². The molecule has 1 N–H and O–H groups in total. The number of nitrogens with zero attached hydrogens (tertiary/aromatic N) is 1. The number of rotatable bonds is 8.